The van der Waals surface area contributed by atoms with Gasteiger partial charge in [-0.3, -0.25) is 9.69 Å². The molecule has 0 aliphatic carbocycles. The first-order valence-electron chi connectivity index (χ1n) is 8.02. The Hall–Kier alpha value is -2.79. The van der Waals surface area contributed by atoms with Crippen molar-refractivity contribution in [2.24, 2.45) is 5.73 Å². The molecule has 0 radical (unpaired) electrons. The van der Waals surface area contributed by atoms with E-state index in [4.69, 9.17) is 10.5 Å². The molecular weight excluding hydrogens is 357 g/mol. The molecule has 1 saturated heterocycles. The number of carbonyl (C=O) groups excluding carboxylic acids is 2. The number of hydrogen-bond acceptors (Lipinski definition) is 6. The van der Waals surface area contributed by atoms with E-state index in [1.54, 1.807) is 13.0 Å². The number of allylic oxidation sites excluding steroid dienone is 1. The summed E-state index contributed by atoms with van der Waals surface area (Å²) in [4.78, 5) is 26.1. The summed E-state index contributed by atoms with van der Waals surface area (Å²) in [6.45, 7) is 1.71. The minimum atomic E-state index is -1.02. The zero-order valence-corrected chi connectivity index (χ0v) is 14.8. The van der Waals surface area contributed by atoms with Crippen molar-refractivity contribution in [1.82, 2.24) is 4.90 Å². The summed E-state index contributed by atoms with van der Waals surface area (Å²) in [5.41, 5.74) is 6.32. The van der Waals surface area contributed by atoms with Gasteiger partial charge >= 0.3 is 5.97 Å². The van der Waals surface area contributed by atoms with E-state index >= 15 is 0 Å². The van der Waals surface area contributed by atoms with Crippen LogP contribution in [0.3, 0.4) is 0 Å². The second-order valence-corrected chi connectivity index (χ2v) is 6.72. The van der Waals surface area contributed by atoms with Gasteiger partial charge in [-0.2, -0.15) is 5.26 Å². The van der Waals surface area contributed by atoms with Crippen molar-refractivity contribution in [3.05, 3.63) is 57.6 Å². The summed E-state index contributed by atoms with van der Waals surface area (Å²) in [5, 5.41) is 10.1. The van der Waals surface area contributed by atoms with Crippen LogP contribution in [0.1, 0.15) is 24.8 Å². The third-order valence-electron chi connectivity index (χ3n) is 4.16. The number of thioether (sulfide) groups is 1. The highest BCUT2D eigenvalue weighted by Gasteiger charge is 2.43. The number of esters is 1. The molecule has 1 unspecified atom stereocenters. The molecule has 134 valence electrons. The Morgan fingerprint density at radius 2 is 2.23 bits per heavy atom. The predicted octanol–water partition coefficient (Wildman–Crippen LogP) is 2.36. The lowest BCUT2D eigenvalue weighted by Crippen LogP contribution is -2.42. The topological polar surface area (TPSA) is 96.4 Å². The van der Waals surface area contributed by atoms with Crippen LogP contribution in [0.15, 0.2) is 46.3 Å². The van der Waals surface area contributed by atoms with Crippen LogP contribution in [0.2, 0.25) is 0 Å². The standard InChI is InChI=1S/C18H16FN3O3S/c1-2-25-18(24)15-14(10-5-3-4-6-12(10)19)11(9-20)17-22(16(15)21)13(23)7-8-26-17/h3-6,14H,2,7-8,21H2,1H3. The van der Waals surface area contributed by atoms with Gasteiger partial charge in [0.05, 0.1) is 34.8 Å². The average Bonchev–Trinajstić information content (AvgIpc) is 2.62. The zero-order valence-electron chi connectivity index (χ0n) is 14.0. The number of rotatable bonds is 3. The Labute approximate surface area is 154 Å². The molecule has 0 spiro atoms. The van der Waals surface area contributed by atoms with Gasteiger partial charge in [-0.25, -0.2) is 9.18 Å². The second-order valence-electron chi connectivity index (χ2n) is 5.63. The zero-order chi connectivity index (χ0) is 18.8. The molecule has 2 N–H and O–H groups in total. The maximum atomic E-state index is 14.5. The van der Waals surface area contributed by atoms with E-state index in [9.17, 15) is 19.2 Å². The van der Waals surface area contributed by atoms with Crippen molar-refractivity contribution in [2.75, 3.05) is 12.4 Å². The van der Waals surface area contributed by atoms with E-state index in [2.05, 4.69) is 0 Å². The molecule has 3 rings (SSSR count). The molecule has 1 amide bonds. The molecule has 1 fully saturated rings. The first-order chi connectivity index (χ1) is 12.5. The highest BCUT2D eigenvalue weighted by molar-refractivity contribution is 8.03. The van der Waals surface area contributed by atoms with Crippen LogP contribution < -0.4 is 5.73 Å². The molecule has 0 saturated carbocycles. The monoisotopic (exact) mass is 373 g/mol. The Morgan fingerprint density at radius 1 is 1.50 bits per heavy atom. The van der Waals surface area contributed by atoms with Crippen molar-refractivity contribution >= 4 is 23.6 Å². The fourth-order valence-corrected chi connectivity index (χ4v) is 4.18. The van der Waals surface area contributed by atoms with E-state index in [1.807, 2.05) is 6.07 Å². The van der Waals surface area contributed by atoms with E-state index in [1.165, 1.54) is 34.9 Å². The fraction of sp³-hybridized carbons (Fsp3) is 0.278. The van der Waals surface area contributed by atoms with Crippen molar-refractivity contribution in [3.8, 4) is 6.07 Å². The summed E-state index contributed by atoms with van der Waals surface area (Å²) >= 11 is 1.29. The lowest BCUT2D eigenvalue weighted by molar-refractivity contribution is -0.139. The van der Waals surface area contributed by atoms with E-state index < -0.39 is 17.7 Å². The molecule has 26 heavy (non-hydrogen) atoms. The summed E-state index contributed by atoms with van der Waals surface area (Å²) in [7, 11) is 0. The molecular formula is C18H16FN3O3S. The van der Waals surface area contributed by atoms with Crippen LogP contribution in [0, 0.1) is 17.1 Å². The SMILES string of the molecule is CCOC(=O)C1=C(N)N2C(=O)CCSC2=C(C#N)C1c1ccccc1F. The van der Waals surface area contributed by atoms with E-state index in [0.29, 0.717) is 10.8 Å². The summed E-state index contributed by atoms with van der Waals surface area (Å²) < 4.78 is 19.6. The molecule has 6 nitrogen and oxygen atoms in total. The molecule has 2 heterocycles. The van der Waals surface area contributed by atoms with Gasteiger partial charge < -0.3 is 10.5 Å². The maximum absolute atomic E-state index is 14.5. The number of carbonyl (C=O) groups is 2. The minimum absolute atomic E-state index is 0.0841. The largest absolute Gasteiger partial charge is 0.463 e. The molecule has 1 aromatic carbocycles. The van der Waals surface area contributed by atoms with Crippen molar-refractivity contribution in [3.63, 3.8) is 0 Å². The van der Waals surface area contributed by atoms with Gasteiger partial charge in [-0.05, 0) is 13.0 Å². The van der Waals surface area contributed by atoms with Crippen molar-refractivity contribution in [2.45, 2.75) is 19.3 Å². The number of fused-ring (bicyclic) bond motifs is 1. The van der Waals surface area contributed by atoms with Gasteiger partial charge in [0.1, 0.15) is 11.6 Å². The van der Waals surface area contributed by atoms with Crippen LogP contribution >= 0.6 is 11.8 Å². The lowest BCUT2D eigenvalue weighted by atomic mass is 9.82. The van der Waals surface area contributed by atoms with Crippen LogP contribution in [-0.2, 0) is 14.3 Å². The van der Waals surface area contributed by atoms with Gasteiger partial charge in [0.15, 0.2) is 0 Å². The van der Waals surface area contributed by atoms with E-state index in [0.717, 1.165) is 0 Å². The Balaban J connectivity index is 2.28. The molecule has 1 atom stereocenters. The summed E-state index contributed by atoms with van der Waals surface area (Å²) in [5.74, 6) is -2.29. The van der Waals surface area contributed by atoms with Gasteiger partial charge in [-0.15, -0.1) is 11.8 Å². The van der Waals surface area contributed by atoms with Crippen molar-refractivity contribution < 1.29 is 18.7 Å². The number of halogens is 1. The predicted molar refractivity (Wildman–Crippen MR) is 93.5 cm³/mol. The van der Waals surface area contributed by atoms with Crippen LogP contribution in [0.4, 0.5) is 4.39 Å². The number of ether oxygens (including phenoxy) is 1. The smallest absolute Gasteiger partial charge is 0.338 e. The Morgan fingerprint density at radius 3 is 2.88 bits per heavy atom. The second kappa shape index (κ2) is 7.22. The maximum Gasteiger partial charge on any atom is 0.338 e. The van der Waals surface area contributed by atoms with E-state index in [-0.39, 0.29) is 41.5 Å². The quantitative estimate of drug-likeness (QED) is 0.817. The van der Waals surface area contributed by atoms with Gasteiger partial charge in [-0.1, -0.05) is 18.2 Å². The third-order valence-corrected chi connectivity index (χ3v) is 5.25. The number of amides is 1. The highest BCUT2D eigenvalue weighted by atomic mass is 32.2. The molecule has 1 aromatic rings. The van der Waals surface area contributed by atoms with Gasteiger partial charge in [0.25, 0.3) is 0 Å². The number of benzene rings is 1. The number of nitrogens with two attached hydrogens (primary N) is 1. The summed E-state index contributed by atoms with van der Waals surface area (Å²) in [6.07, 6.45) is 0.230. The Kier molecular flexibility index (Phi) is 5.00. The average molecular weight is 373 g/mol. The Bertz CT molecular complexity index is 888. The first kappa shape index (κ1) is 18.0. The molecule has 0 aromatic heterocycles. The number of nitrogens with zero attached hydrogens (tertiary/aromatic N) is 2. The van der Waals surface area contributed by atoms with Crippen molar-refractivity contribution in [1.29, 1.82) is 5.26 Å². The van der Waals surface area contributed by atoms with Crippen LogP contribution in [0.25, 0.3) is 0 Å². The van der Waals surface area contributed by atoms with Crippen LogP contribution in [0.5, 0.6) is 0 Å². The minimum Gasteiger partial charge on any atom is -0.463 e. The first-order valence-corrected chi connectivity index (χ1v) is 9.01. The lowest BCUT2D eigenvalue weighted by Gasteiger charge is -2.37. The molecule has 8 heteroatoms. The van der Waals surface area contributed by atoms with Crippen LogP contribution in [-0.4, -0.2) is 29.1 Å². The number of hydrogen-bond donors (Lipinski definition) is 1. The fourth-order valence-electron chi connectivity index (χ4n) is 3.07. The normalized spacial score (nSPS) is 20.0. The third kappa shape index (κ3) is 2.84. The number of nitriles is 1. The summed E-state index contributed by atoms with van der Waals surface area (Å²) in [6, 6.07) is 7.92. The molecule has 0 bridgehead atoms. The molecule has 2 aliphatic heterocycles. The van der Waals surface area contributed by atoms with Gasteiger partial charge in [0, 0.05) is 17.7 Å². The molecule has 2 aliphatic rings. The highest BCUT2D eigenvalue weighted by Crippen LogP contribution is 2.46. The van der Waals surface area contributed by atoms with Gasteiger partial charge in [0.2, 0.25) is 5.91 Å².